The third-order valence-corrected chi connectivity index (χ3v) is 6.55. The van der Waals surface area contributed by atoms with Crippen molar-refractivity contribution in [3.63, 3.8) is 0 Å². The molecule has 1 saturated carbocycles. The Morgan fingerprint density at radius 3 is 2.60 bits per heavy atom. The van der Waals surface area contributed by atoms with Gasteiger partial charge in [0, 0.05) is 37.9 Å². The minimum atomic E-state index is -0.437. The van der Waals surface area contributed by atoms with Crippen molar-refractivity contribution in [1.82, 2.24) is 19.1 Å². The van der Waals surface area contributed by atoms with Gasteiger partial charge in [0.25, 0.3) is 11.2 Å². The molecule has 10 heteroatoms. The van der Waals surface area contributed by atoms with Gasteiger partial charge in [-0.1, -0.05) is 25.0 Å². The molecule has 0 amide bonds. The summed E-state index contributed by atoms with van der Waals surface area (Å²) in [6.45, 7) is 0. The minimum absolute atomic E-state index is 0.0191. The van der Waals surface area contributed by atoms with Crippen molar-refractivity contribution in [2.75, 3.05) is 0 Å². The average molecular weight is 427 g/mol. The van der Waals surface area contributed by atoms with Crippen LogP contribution in [0.25, 0.3) is 11.0 Å². The predicted octanol–water partition coefficient (Wildman–Crippen LogP) is 2.89. The summed E-state index contributed by atoms with van der Waals surface area (Å²) in [7, 11) is 3.04. The van der Waals surface area contributed by atoms with Crippen LogP contribution in [0.1, 0.15) is 43.0 Å². The smallest absolute Gasteiger partial charge is 0.280 e. The van der Waals surface area contributed by atoms with Gasteiger partial charge in [0.2, 0.25) is 0 Å². The molecule has 0 N–H and O–H groups in total. The maximum Gasteiger partial charge on any atom is 0.332 e. The van der Waals surface area contributed by atoms with Crippen molar-refractivity contribution in [2.24, 2.45) is 14.1 Å². The van der Waals surface area contributed by atoms with Gasteiger partial charge in [-0.3, -0.25) is 24.0 Å². The van der Waals surface area contributed by atoms with Crippen LogP contribution in [0.2, 0.25) is 0 Å². The Bertz CT molecular complexity index is 1260. The van der Waals surface area contributed by atoms with Crippen molar-refractivity contribution in [3.8, 4) is 0 Å². The number of hydrogen-bond acceptors (Lipinski definition) is 7. The third-order valence-electron chi connectivity index (χ3n) is 5.50. The molecule has 2 heterocycles. The van der Waals surface area contributed by atoms with Crippen LogP contribution < -0.4 is 11.2 Å². The lowest BCUT2D eigenvalue weighted by molar-refractivity contribution is -0.384. The van der Waals surface area contributed by atoms with E-state index in [9.17, 15) is 19.7 Å². The third kappa shape index (κ3) is 3.62. The zero-order valence-electron chi connectivity index (χ0n) is 16.7. The number of benzene rings is 1. The van der Waals surface area contributed by atoms with E-state index in [1.54, 1.807) is 19.2 Å². The number of rotatable bonds is 5. The first-order valence-electron chi connectivity index (χ1n) is 9.70. The van der Waals surface area contributed by atoms with Crippen LogP contribution in [0, 0.1) is 10.1 Å². The highest BCUT2D eigenvalue weighted by atomic mass is 32.2. The first kappa shape index (κ1) is 20.3. The van der Waals surface area contributed by atoms with Gasteiger partial charge in [0.15, 0.2) is 5.65 Å². The molecule has 1 aliphatic rings. The van der Waals surface area contributed by atoms with Crippen LogP contribution in [0.3, 0.4) is 0 Å². The summed E-state index contributed by atoms with van der Waals surface area (Å²) in [6.07, 6.45) is 4.19. The monoisotopic (exact) mass is 427 g/mol. The van der Waals surface area contributed by atoms with E-state index >= 15 is 0 Å². The van der Waals surface area contributed by atoms with Crippen LogP contribution in [-0.2, 0) is 19.8 Å². The normalized spacial score (nSPS) is 14.5. The molecular weight excluding hydrogens is 406 g/mol. The van der Waals surface area contributed by atoms with E-state index in [0.29, 0.717) is 27.6 Å². The Kier molecular flexibility index (Phi) is 5.42. The topological polar surface area (TPSA) is 113 Å². The fourth-order valence-corrected chi connectivity index (χ4v) is 4.79. The Morgan fingerprint density at radius 1 is 1.17 bits per heavy atom. The Labute approximate surface area is 175 Å². The lowest BCUT2D eigenvalue weighted by Crippen LogP contribution is -2.38. The summed E-state index contributed by atoms with van der Waals surface area (Å²) in [6, 6.07) is 6.40. The van der Waals surface area contributed by atoms with E-state index < -0.39 is 16.2 Å². The van der Waals surface area contributed by atoms with Crippen LogP contribution in [0.4, 0.5) is 5.69 Å². The molecule has 0 unspecified atom stereocenters. The molecule has 1 aromatic carbocycles. The summed E-state index contributed by atoms with van der Waals surface area (Å²) in [5, 5.41) is 11.9. The first-order valence-corrected chi connectivity index (χ1v) is 10.7. The van der Waals surface area contributed by atoms with Crippen molar-refractivity contribution < 1.29 is 4.92 Å². The van der Waals surface area contributed by atoms with E-state index in [4.69, 9.17) is 4.98 Å². The molecule has 1 aliphatic carbocycles. The second kappa shape index (κ2) is 8.02. The van der Waals surface area contributed by atoms with Gasteiger partial charge in [0.05, 0.1) is 4.92 Å². The Hall–Kier alpha value is -3.01. The molecule has 0 radical (unpaired) electrons. The fraction of sp³-hybridized carbons (Fsp3) is 0.400. The quantitative estimate of drug-likeness (QED) is 0.266. The Balaban J connectivity index is 1.82. The number of non-ortho nitro benzene ring substituents is 1. The highest BCUT2D eigenvalue weighted by Crippen LogP contribution is 2.35. The van der Waals surface area contributed by atoms with E-state index in [1.807, 2.05) is 0 Å². The summed E-state index contributed by atoms with van der Waals surface area (Å²) >= 11 is 1.33. The summed E-state index contributed by atoms with van der Waals surface area (Å²) in [5.74, 6) is 1.28. The number of nitro benzene ring substituents is 1. The van der Waals surface area contributed by atoms with E-state index in [2.05, 4.69) is 4.98 Å². The number of hydrogen-bond donors (Lipinski definition) is 0. The van der Waals surface area contributed by atoms with Crippen LogP contribution in [0.5, 0.6) is 0 Å². The number of fused-ring (bicyclic) bond motifs is 1. The standard InChI is InChI=1S/C20H21N5O4S/c1-23-17-15(19(26)24(2)20(23)27)18(22-16(21-17)13-7-3-4-8-13)30-11-12-6-5-9-14(10-12)25(28)29/h5-6,9-10,13H,3-4,7-8,11H2,1-2H3. The zero-order chi connectivity index (χ0) is 21.4. The molecular formula is C20H21N5O4S. The van der Waals surface area contributed by atoms with Gasteiger partial charge >= 0.3 is 5.69 Å². The van der Waals surface area contributed by atoms with Gasteiger partial charge in [-0.05, 0) is 18.4 Å². The SMILES string of the molecule is Cn1c(=O)c2c(SCc3cccc([N+](=O)[O-])c3)nc(C3CCCC3)nc2n(C)c1=O. The van der Waals surface area contributed by atoms with E-state index in [-0.39, 0.29) is 11.6 Å². The van der Waals surface area contributed by atoms with Crippen molar-refractivity contribution >= 4 is 28.5 Å². The fourth-order valence-electron chi connectivity index (χ4n) is 3.83. The van der Waals surface area contributed by atoms with Crippen LogP contribution in [-0.4, -0.2) is 24.0 Å². The highest BCUT2D eigenvalue weighted by molar-refractivity contribution is 7.98. The lowest BCUT2D eigenvalue weighted by atomic mass is 10.1. The molecule has 0 aliphatic heterocycles. The number of nitrogens with zero attached hydrogens (tertiary/aromatic N) is 5. The first-order chi connectivity index (χ1) is 14.4. The largest absolute Gasteiger partial charge is 0.332 e. The van der Waals surface area contributed by atoms with Gasteiger partial charge in [-0.2, -0.15) is 0 Å². The molecule has 2 aromatic heterocycles. The molecule has 9 nitrogen and oxygen atoms in total. The van der Waals surface area contributed by atoms with Crippen molar-refractivity contribution in [2.45, 2.75) is 42.4 Å². The van der Waals surface area contributed by atoms with Crippen LogP contribution in [0.15, 0.2) is 38.9 Å². The van der Waals surface area contributed by atoms with Gasteiger partial charge in [0.1, 0.15) is 16.2 Å². The number of aryl methyl sites for hydroxylation is 1. The summed E-state index contributed by atoms with van der Waals surface area (Å²) in [5.41, 5.74) is 0.239. The van der Waals surface area contributed by atoms with Crippen molar-refractivity contribution in [3.05, 3.63) is 66.6 Å². The molecule has 30 heavy (non-hydrogen) atoms. The maximum absolute atomic E-state index is 12.9. The van der Waals surface area contributed by atoms with Gasteiger partial charge in [-0.15, -0.1) is 11.8 Å². The zero-order valence-corrected chi connectivity index (χ0v) is 17.5. The summed E-state index contributed by atoms with van der Waals surface area (Å²) < 4.78 is 2.44. The minimum Gasteiger partial charge on any atom is -0.280 e. The second-order valence-corrected chi connectivity index (χ2v) is 8.45. The maximum atomic E-state index is 12.9. The second-order valence-electron chi connectivity index (χ2n) is 7.49. The number of aromatic nitrogens is 4. The highest BCUT2D eigenvalue weighted by Gasteiger charge is 2.24. The van der Waals surface area contributed by atoms with Gasteiger partial charge < -0.3 is 0 Å². The van der Waals surface area contributed by atoms with Crippen LogP contribution >= 0.6 is 11.8 Å². The molecule has 4 rings (SSSR count). The molecule has 0 saturated heterocycles. The lowest BCUT2D eigenvalue weighted by Gasteiger charge is -2.14. The number of nitro groups is 1. The average Bonchev–Trinajstić information content (AvgIpc) is 3.29. The molecule has 0 bridgehead atoms. The molecule has 0 spiro atoms. The number of thioether (sulfide) groups is 1. The molecule has 3 aromatic rings. The molecule has 156 valence electrons. The molecule has 0 atom stereocenters. The van der Waals surface area contributed by atoms with Crippen molar-refractivity contribution in [1.29, 1.82) is 0 Å². The van der Waals surface area contributed by atoms with E-state index in [0.717, 1.165) is 35.8 Å². The predicted molar refractivity (Wildman–Crippen MR) is 114 cm³/mol. The molecule has 1 fully saturated rings. The summed E-state index contributed by atoms with van der Waals surface area (Å²) in [4.78, 5) is 45.2. The van der Waals surface area contributed by atoms with E-state index in [1.165, 1.54) is 35.5 Å². The Morgan fingerprint density at radius 2 is 1.90 bits per heavy atom. The van der Waals surface area contributed by atoms with Gasteiger partial charge in [-0.25, -0.2) is 14.8 Å².